The van der Waals surface area contributed by atoms with Gasteiger partial charge in [-0.05, 0) is 31.4 Å². The van der Waals surface area contributed by atoms with Crippen molar-refractivity contribution in [3.8, 4) is 0 Å². The predicted molar refractivity (Wildman–Crippen MR) is 93.2 cm³/mol. The number of methoxy groups -OCH3 is 1. The van der Waals surface area contributed by atoms with Crippen LogP contribution in [0.4, 0.5) is 0 Å². The van der Waals surface area contributed by atoms with Gasteiger partial charge in [0.1, 0.15) is 5.69 Å². The average Bonchev–Trinajstić information content (AvgIpc) is 2.99. The van der Waals surface area contributed by atoms with Crippen molar-refractivity contribution in [2.45, 2.75) is 25.2 Å². The molecular formula is C19H23N3O3. The number of hydrogen-bond donors (Lipinski definition) is 0. The van der Waals surface area contributed by atoms with Crippen molar-refractivity contribution in [3.63, 3.8) is 0 Å². The molecule has 0 N–H and O–H groups in total. The van der Waals surface area contributed by atoms with Gasteiger partial charge in [-0.25, -0.2) is 0 Å². The summed E-state index contributed by atoms with van der Waals surface area (Å²) in [6.45, 7) is 2.88. The number of carbonyl (C=O) groups excluding carboxylic acids is 2. The Bertz CT molecular complexity index is 774. The molecule has 6 nitrogen and oxygen atoms in total. The first kappa shape index (κ1) is 17.2. The number of hydrogen-bond acceptors (Lipinski definition) is 4. The van der Waals surface area contributed by atoms with Gasteiger partial charge in [0.05, 0.1) is 18.2 Å². The number of amides is 1. The maximum Gasteiger partial charge on any atom is 0.316 e. The van der Waals surface area contributed by atoms with E-state index in [0.29, 0.717) is 31.6 Å². The van der Waals surface area contributed by atoms with Crippen LogP contribution in [0, 0.1) is 6.92 Å². The number of ether oxygens (including phenoxy) is 1. The minimum absolute atomic E-state index is 0.0466. The Morgan fingerprint density at radius 1 is 1.16 bits per heavy atom. The number of aryl methyl sites for hydroxylation is 2. The minimum Gasteiger partial charge on any atom is -0.468 e. The molecule has 0 saturated carbocycles. The van der Waals surface area contributed by atoms with Crippen LogP contribution in [0.2, 0.25) is 0 Å². The van der Waals surface area contributed by atoms with Gasteiger partial charge in [0, 0.05) is 20.1 Å². The summed E-state index contributed by atoms with van der Waals surface area (Å²) in [6, 6.07) is 11.5. The molecule has 1 aromatic carbocycles. The molecular weight excluding hydrogens is 318 g/mol. The maximum absolute atomic E-state index is 12.8. The lowest BCUT2D eigenvalue weighted by Crippen LogP contribution is -2.49. The van der Waals surface area contributed by atoms with E-state index in [1.165, 1.54) is 7.11 Å². The molecule has 2 aromatic rings. The van der Waals surface area contributed by atoms with Gasteiger partial charge < -0.3 is 9.64 Å². The van der Waals surface area contributed by atoms with Crippen LogP contribution in [0.5, 0.6) is 0 Å². The number of carbonyl (C=O) groups is 2. The van der Waals surface area contributed by atoms with Crippen molar-refractivity contribution in [3.05, 3.63) is 53.3 Å². The monoisotopic (exact) mass is 341 g/mol. The highest BCUT2D eigenvalue weighted by molar-refractivity contribution is 5.93. The van der Waals surface area contributed by atoms with Crippen LogP contribution in [0.3, 0.4) is 0 Å². The van der Waals surface area contributed by atoms with Crippen LogP contribution in [0.1, 0.15) is 34.6 Å². The quantitative estimate of drug-likeness (QED) is 0.802. The molecule has 132 valence electrons. The number of aromatic nitrogens is 2. The molecule has 1 aromatic heterocycles. The Hall–Kier alpha value is -2.63. The minimum atomic E-state index is -0.685. The molecule has 0 bridgehead atoms. The fourth-order valence-corrected chi connectivity index (χ4v) is 3.63. The van der Waals surface area contributed by atoms with E-state index in [4.69, 9.17) is 4.74 Å². The van der Waals surface area contributed by atoms with Gasteiger partial charge in [-0.1, -0.05) is 30.3 Å². The molecule has 1 aliphatic rings. The standard InChI is InChI=1S/C19H23N3O3/c1-14-13-16(21(2)20-14)17(23)22-11-9-19(10-12-22,18(24)25-3)15-7-5-4-6-8-15/h4-8,13H,9-12H2,1-3H3. The molecule has 0 atom stereocenters. The average molecular weight is 341 g/mol. The van der Waals surface area contributed by atoms with Gasteiger partial charge in [-0.15, -0.1) is 0 Å². The maximum atomic E-state index is 12.8. The van der Waals surface area contributed by atoms with Crippen LogP contribution in [-0.2, 0) is 22.0 Å². The summed E-state index contributed by atoms with van der Waals surface area (Å²) in [5.74, 6) is -0.281. The molecule has 6 heteroatoms. The number of esters is 1. The van der Waals surface area contributed by atoms with E-state index < -0.39 is 5.41 Å². The summed E-state index contributed by atoms with van der Waals surface area (Å²) in [4.78, 5) is 27.1. The number of likely N-dealkylation sites (tertiary alicyclic amines) is 1. The molecule has 1 saturated heterocycles. The van der Waals surface area contributed by atoms with E-state index in [1.807, 2.05) is 37.3 Å². The fraction of sp³-hybridized carbons (Fsp3) is 0.421. The number of nitrogens with zero attached hydrogens (tertiary/aromatic N) is 3. The second kappa shape index (κ2) is 6.70. The molecule has 25 heavy (non-hydrogen) atoms. The van der Waals surface area contributed by atoms with Crippen LogP contribution in [-0.4, -0.2) is 46.8 Å². The van der Waals surface area contributed by atoms with Crippen molar-refractivity contribution in [2.75, 3.05) is 20.2 Å². The molecule has 2 heterocycles. The van der Waals surface area contributed by atoms with E-state index in [1.54, 1.807) is 22.7 Å². The lowest BCUT2D eigenvalue weighted by Gasteiger charge is -2.40. The van der Waals surface area contributed by atoms with E-state index in [9.17, 15) is 9.59 Å². The number of piperidine rings is 1. The Balaban J connectivity index is 1.82. The van der Waals surface area contributed by atoms with Crippen molar-refractivity contribution >= 4 is 11.9 Å². The Labute approximate surface area is 147 Å². The first-order chi connectivity index (χ1) is 12.0. The van der Waals surface area contributed by atoms with E-state index in [2.05, 4.69) is 5.10 Å². The van der Waals surface area contributed by atoms with E-state index >= 15 is 0 Å². The Morgan fingerprint density at radius 3 is 2.32 bits per heavy atom. The topological polar surface area (TPSA) is 64.4 Å². The van der Waals surface area contributed by atoms with Crippen LogP contribution >= 0.6 is 0 Å². The smallest absolute Gasteiger partial charge is 0.316 e. The van der Waals surface area contributed by atoms with Crippen molar-refractivity contribution < 1.29 is 14.3 Å². The molecule has 0 unspecified atom stereocenters. The molecule has 1 fully saturated rings. The summed E-state index contributed by atoms with van der Waals surface area (Å²) in [6.07, 6.45) is 1.10. The molecule has 0 radical (unpaired) electrons. The summed E-state index contributed by atoms with van der Waals surface area (Å²) >= 11 is 0. The van der Waals surface area contributed by atoms with Gasteiger partial charge in [0.15, 0.2) is 0 Å². The van der Waals surface area contributed by atoms with Crippen molar-refractivity contribution in [1.29, 1.82) is 0 Å². The van der Waals surface area contributed by atoms with E-state index in [0.717, 1.165) is 11.3 Å². The predicted octanol–water partition coefficient (Wildman–Crippen LogP) is 2.08. The zero-order valence-electron chi connectivity index (χ0n) is 14.9. The third kappa shape index (κ3) is 3.04. The van der Waals surface area contributed by atoms with Gasteiger partial charge >= 0.3 is 5.97 Å². The second-order valence-corrected chi connectivity index (χ2v) is 6.53. The molecule has 0 aliphatic carbocycles. The molecule has 1 amide bonds. The second-order valence-electron chi connectivity index (χ2n) is 6.53. The highest BCUT2D eigenvalue weighted by Crippen LogP contribution is 2.37. The largest absolute Gasteiger partial charge is 0.468 e. The highest BCUT2D eigenvalue weighted by Gasteiger charge is 2.44. The summed E-state index contributed by atoms with van der Waals surface area (Å²) in [5.41, 5.74) is 1.65. The fourth-order valence-electron chi connectivity index (χ4n) is 3.63. The van der Waals surface area contributed by atoms with Crippen molar-refractivity contribution in [2.24, 2.45) is 7.05 Å². The van der Waals surface area contributed by atoms with Crippen molar-refractivity contribution in [1.82, 2.24) is 14.7 Å². The summed E-state index contributed by atoms with van der Waals surface area (Å²) in [5, 5.41) is 4.24. The highest BCUT2D eigenvalue weighted by atomic mass is 16.5. The van der Waals surface area contributed by atoms with E-state index in [-0.39, 0.29) is 11.9 Å². The first-order valence-corrected chi connectivity index (χ1v) is 8.42. The molecule has 0 spiro atoms. The zero-order chi connectivity index (χ0) is 18.0. The Morgan fingerprint density at radius 2 is 1.80 bits per heavy atom. The third-order valence-corrected chi connectivity index (χ3v) is 5.03. The molecule has 1 aliphatic heterocycles. The number of benzene rings is 1. The normalized spacial score (nSPS) is 16.5. The van der Waals surface area contributed by atoms with Crippen LogP contribution in [0.25, 0.3) is 0 Å². The molecule has 3 rings (SSSR count). The zero-order valence-corrected chi connectivity index (χ0v) is 14.9. The van der Waals surface area contributed by atoms with Crippen LogP contribution < -0.4 is 0 Å². The van der Waals surface area contributed by atoms with Gasteiger partial charge in [-0.2, -0.15) is 5.10 Å². The van der Waals surface area contributed by atoms with Gasteiger partial charge in [0.2, 0.25) is 0 Å². The SMILES string of the molecule is COC(=O)C1(c2ccccc2)CCN(C(=O)c2cc(C)nn2C)CC1. The lowest BCUT2D eigenvalue weighted by atomic mass is 9.72. The first-order valence-electron chi connectivity index (χ1n) is 8.42. The Kier molecular flexibility index (Phi) is 4.61. The van der Waals surface area contributed by atoms with Gasteiger partial charge in [0.25, 0.3) is 5.91 Å². The summed E-state index contributed by atoms with van der Waals surface area (Å²) < 4.78 is 6.70. The number of rotatable bonds is 3. The summed E-state index contributed by atoms with van der Waals surface area (Å²) in [7, 11) is 3.19. The van der Waals surface area contributed by atoms with Crippen LogP contribution in [0.15, 0.2) is 36.4 Å². The van der Waals surface area contributed by atoms with Gasteiger partial charge in [-0.3, -0.25) is 14.3 Å². The third-order valence-electron chi connectivity index (χ3n) is 5.03. The lowest BCUT2D eigenvalue weighted by molar-refractivity contribution is -0.149.